The van der Waals surface area contributed by atoms with Gasteiger partial charge in [0.15, 0.2) is 0 Å². The second-order valence-corrected chi connectivity index (χ2v) is 15.5. The zero-order chi connectivity index (χ0) is 36.4. The van der Waals surface area contributed by atoms with Gasteiger partial charge in [0.05, 0.1) is 29.3 Å². The Labute approximate surface area is 294 Å². The number of likely N-dealkylation sites (N-methyl/N-ethyl adjacent to an activating group) is 1. The Morgan fingerprint density at radius 3 is 1.94 bits per heavy atom. The number of benzene rings is 2. The molecule has 15 atom stereocenters. The molecule has 12 nitrogen and oxygen atoms in total. The van der Waals surface area contributed by atoms with E-state index in [-0.39, 0.29) is 23.1 Å². The maximum absolute atomic E-state index is 13.8. The van der Waals surface area contributed by atoms with Crippen molar-refractivity contribution in [2.75, 3.05) is 7.05 Å². The van der Waals surface area contributed by atoms with Gasteiger partial charge in [-0.25, -0.2) is 9.59 Å². The second kappa shape index (κ2) is 11.3. The van der Waals surface area contributed by atoms with Gasteiger partial charge >= 0.3 is 23.9 Å². The lowest BCUT2D eigenvalue weighted by atomic mass is 9.37. The SMILES string of the molecule is C=C1C2C(OC(=O)c3ccccc3)C3C4N(C)C5C(O)C3(C1O)C(C2OC(C)=O)C41C(OC(C)=O)C(OC(=O)c2ccccc2)CC(C)(C=O)C51. The number of nitrogens with zero attached hydrogens (tertiary/aromatic N) is 1. The van der Waals surface area contributed by atoms with Crippen LogP contribution in [0, 0.1) is 39.9 Å². The summed E-state index contributed by atoms with van der Waals surface area (Å²) in [6.07, 6.45) is -6.42. The molecule has 2 aromatic rings. The van der Waals surface area contributed by atoms with Crippen LogP contribution in [-0.4, -0.2) is 101 Å². The highest BCUT2D eigenvalue weighted by Crippen LogP contribution is 2.85. The molecule has 6 saturated carbocycles. The van der Waals surface area contributed by atoms with Gasteiger partial charge in [0, 0.05) is 66.4 Å². The van der Waals surface area contributed by atoms with E-state index in [0.717, 1.165) is 6.29 Å². The highest BCUT2D eigenvalue weighted by Gasteiger charge is 2.95. The van der Waals surface area contributed by atoms with Crippen molar-refractivity contribution in [3.63, 3.8) is 0 Å². The van der Waals surface area contributed by atoms with E-state index in [9.17, 15) is 34.2 Å². The zero-order valence-corrected chi connectivity index (χ0v) is 28.7. The van der Waals surface area contributed by atoms with E-state index in [1.807, 2.05) is 4.90 Å². The summed E-state index contributed by atoms with van der Waals surface area (Å²) in [5.41, 5.74) is -3.34. The largest absolute Gasteiger partial charge is 0.461 e. The van der Waals surface area contributed by atoms with Crippen molar-refractivity contribution < 1.29 is 53.1 Å². The Balaban J connectivity index is 1.37. The predicted molar refractivity (Wildman–Crippen MR) is 177 cm³/mol. The van der Waals surface area contributed by atoms with Gasteiger partial charge in [0.1, 0.15) is 30.7 Å². The average Bonchev–Trinajstić information content (AvgIpc) is 3.44. The van der Waals surface area contributed by atoms with E-state index in [1.54, 1.807) is 74.6 Å². The molecule has 2 N–H and O–H groups in total. The smallest absolute Gasteiger partial charge is 0.338 e. The number of hydrogen-bond donors (Lipinski definition) is 2. The van der Waals surface area contributed by atoms with Crippen LogP contribution < -0.4 is 0 Å². The molecular formula is C39H41NO11. The standard InChI is InChI=1S/C39H41NO11/c1-18-24-27(51-36(47)22-14-10-7-11-15-22)25-31-39-29(26(40(31)5)33(45)38(25,32(18)44)30(39)28(24)48-19(2)42)37(4,17-41)16-23(34(39)49-20(3)43)50-35(46)21-12-8-6-9-13-21/h6-15,17,23-34,44-45H,1,16H2,2-5H3. The first-order valence-corrected chi connectivity index (χ1v) is 17.4. The van der Waals surface area contributed by atoms with E-state index in [2.05, 4.69) is 6.58 Å². The number of carbonyl (C=O) groups excluding carboxylic acids is 5. The second-order valence-electron chi connectivity index (χ2n) is 15.5. The lowest BCUT2D eigenvalue weighted by Crippen LogP contribution is -2.81. The molecular weight excluding hydrogens is 658 g/mol. The van der Waals surface area contributed by atoms with E-state index in [0.29, 0.717) is 0 Å². The highest BCUT2D eigenvalue weighted by atomic mass is 16.6. The quantitative estimate of drug-likeness (QED) is 0.188. The van der Waals surface area contributed by atoms with Crippen molar-refractivity contribution in [1.29, 1.82) is 0 Å². The Morgan fingerprint density at radius 1 is 0.824 bits per heavy atom. The molecule has 12 heteroatoms. The minimum atomic E-state index is -1.51. The van der Waals surface area contributed by atoms with Gasteiger partial charge in [-0.2, -0.15) is 0 Å². The Bertz CT molecular complexity index is 1830. The van der Waals surface area contributed by atoms with Crippen LogP contribution >= 0.6 is 0 Å². The summed E-state index contributed by atoms with van der Waals surface area (Å²) in [6, 6.07) is 15.2. The Morgan fingerprint density at radius 2 is 1.39 bits per heavy atom. The average molecular weight is 700 g/mol. The van der Waals surface area contributed by atoms with Crippen molar-refractivity contribution in [1.82, 2.24) is 4.90 Å². The number of esters is 4. The van der Waals surface area contributed by atoms with Crippen LogP contribution in [0.15, 0.2) is 72.8 Å². The Kier molecular flexibility index (Phi) is 7.48. The summed E-state index contributed by atoms with van der Waals surface area (Å²) in [4.78, 5) is 69.1. The lowest BCUT2D eigenvalue weighted by molar-refractivity contribution is -0.308. The van der Waals surface area contributed by atoms with E-state index >= 15 is 0 Å². The lowest BCUT2D eigenvalue weighted by Gasteiger charge is -2.70. The molecule has 2 spiro atoms. The summed E-state index contributed by atoms with van der Waals surface area (Å²) in [7, 11) is 1.80. The van der Waals surface area contributed by atoms with Crippen LogP contribution in [0.2, 0.25) is 0 Å². The third kappa shape index (κ3) is 4.09. The molecule has 8 aliphatic rings. The van der Waals surface area contributed by atoms with Gasteiger partial charge in [-0.05, 0) is 36.9 Å². The molecule has 2 aromatic carbocycles. The van der Waals surface area contributed by atoms with Crippen molar-refractivity contribution in [2.24, 2.45) is 39.9 Å². The molecule has 2 saturated heterocycles. The van der Waals surface area contributed by atoms with Crippen LogP contribution in [0.4, 0.5) is 0 Å². The normalized spacial score (nSPS) is 44.0. The van der Waals surface area contributed by atoms with Crippen LogP contribution in [0.3, 0.4) is 0 Å². The van der Waals surface area contributed by atoms with Gasteiger partial charge in [0.2, 0.25) is 0 Å². The summed E-state index contributed by atoms with van der Waals surface area (Å²) >= 11 is 0. The minimum absolute atomic E-state index is 0.0308. The zero-order valence-electron chi connectivity index (χ0n) is 28.7. The number of aldehydes is 1. The first-order chi connectivity index (χ1) is 24.3. The first-order valence-electron chi connectivity index (χ1n) is 17.4. The van der Waals surface area contributed by atoms with Gasteiger partial charge in [0.25, 0.3) is 0 Å². The van der Waals surface area contributed by atoms with Crippen LogP contribution in [0.1, 0.15) is 47.9 Å². The fraction of sp³-hybridized carbons (Fsp3) is 0.513. The number of rotatable bonds is 7. The van der Waals surface area contributed by atoms with Crippen LogP contribution in [0.25, 0.3) is 0 Å². The Hall–Kier alpha value is -4.39. The number of aliphatic hydroxyl groups excluding tert-OH is 2. The number of fused-ring (bicyclic) bond motifs is 1. The highest BCUT2D eigenvalue weighted by molar-refractivity contribution is 5.90. The van der Waals surface area contributed by atoms with Gasteiger partial charge in [-0.1, -0.05) is 49.9 Å². The number of piperidine rings is 1. The van der Waals surface area contributed by atoms with Crippen molar-refractivity contribution >= 4 is 30.2 Å². The maximum Gasteiger partial charge on any atom is 0.338 e. The van der Waals surface area contributed by atoms with Crippen LogP contribution in [-0.2, 0) is 33.3 Å². The predicted octanol–water partition coefficient (Wildman–Crippen LogP) is 2.36. The third-order valence-corrected chi connectivity index (χ3v) is 13.3. The summed E-state index contributed by atoms with van der Waals surface area (Å²) < 4.78 is 25.1. The summed E-state index contributed by atoms with van der Waals surface area (Å²) in [5, 5.41) is 25.1. The number of aliphatic hydroxyl groups is 2. The number of ether oxygens (including phenoxy) is 4. The van der Waals surface area contributed by atoms with Gasteiger partial charge in [-0.15, -0.1) is 0 Å². The first kappa shape index (κ1) is 33.7. The van der Waals surface area contributed by atoms with E-state index in [4.69, 9.17) is 18.9 Å². The molecule has 6 aliphatic carbocycles. The molecule has 2 heterocycles. The van der Waals surface area contributed by atoms with Gasteiger partial charge < -0.3 is 34.0 Å². The molecule has 10 rings (SSSR count). The molecule has 0 aromatic heterocycles. The van der Waals surface area contributed by atoms with Gasteiger partial charge in [-0.3, -0.25) is 14.5 Å². The van der Waals surface area contributed by atoms with Crippen molar-refractivity contribution in [3.8, 4) is 0 Å². The monoisotopic (exact) mass is 699 g/mol. The summed E-state index contributed by atoms with van der Waals surface area (Å²) in [6.45, 7) is 8.47. The molecule has 2 aliphatic heterocycles. The maximum atomic E-state index is 13.8. The number of carbonyl (C=O) groups is 5. The number of hydrogen-bond acceptors (Lipinski definition) is 12. The molecule has 8 fully saturated rings. The minimum Gasteiger partial charge on any atom is -0.461 e. The fourth-order valence-electron chi connectivity index (χ4n) is 12.4. The van der Waals surface area contributed by atoms with Crippen LogP contribution in [0.5, 0.6) is 0 Å². The van der Waals surface area contributed by atoms with E-state index in [1.165, 1.54) is 13.8 Å². The third-order valence-electron chi connectivity index (χ3n) is 13.3. The molecule has 51 heavy (non-hydrogen) atoms. The van der Waals surface area contributed by atoms with Crippen molar-refractivity contribution in [3.05, 3.63) is 83.9 Å². The molecule has 7 bridgehead atoms. The molecule has 0 amide bonds. The molecule has 15 unspecified atom stereocenters. The summed E-state index contributed by atoms with van der Waals surface area (Å²) in [5.74, 6) is -6.05. The molecule has 268 valence electrons. The van der Waals surface area contributed by atoms with Crippen molar-refractivity contribution in [2.45, 2.75) is 75.9 Å². The topological polar surface area (TPSA) is 166 Å². The van der Waals surface area contributed by atoms with E-state index < -0.39 is 113 Å². The molecule has 0 radical (unpaired) electrons. The fourth-order valence-corrected chi connectivity index (χ4v) is 12.4.